The summed E-state index contributed by atoms with van der Waals surface area (Å²) in [5, 5.41) is 2.96. The van der Waals surface area contributed by atoms with Gasteiger partial charge in [-0.2, -0.15) is 0 Å². The van der Waals surface area contributed by atoms with Crippen LogP contribution in [0.3, 0.4) is 0 Å². The van der Waals surface area contributed by atoms with Crippen LogP contribution >= 0.6 is 0 Å². The number of ketones is 1. The van der Waals surface area contributed by atoms with Crippen molar-refractivity contribution in [2.45, 2.75) is 31.7 Å². The zero-order valence-electron chi connectivity index (χ0n) is 11.4. The molecular weight excluding hydrogens is 260 g/mol. The molecule has 1 N–H and O–H groups in total. The number of aryl methyl sites for hydroxylation is 1. The largest absolute Gasteiger partial charge is 0.392 e. The molecular formula is C14H18N2O4. The Kier molecular flexibility index (Phi) is 4.68. The van der Waals surface area contributed by atoms with Gasteiger partial charge in [-0.1, -0.05) is 0 Å². The average molecular weight is 278 g/mol. The van der Waals surface area contributed by atoms with E-state index in [-0.39, 0.29) is 24.7 Å². The van der Waals surface area contributed by atoms with Crippen molar-refractivity contribution in [3.05, 3.63) is 24.0 Å². The van der Waals surface area contributed by atoms with Crippen molar-refractivity contribution in [3.8, 4) is 0 Å². The molecule has 6 heteroatoms. The fraction of sp³-hybridized carbons (Fsp3) is 0.500. The molecule has 0 amide bonds. The Morgan fingerprint density at radius 2 is 2.20 bits per heavy atom. The third-order valence-corrected chi connectivity index (χ3v) is 3.34. The summed E-state index contributed by atoms with van der Waals surface area (Å²) in [5.41, 5.74) is 0.543. The van der Waals surface area contributed by atoms with E-state index in [1.54, 1.807) is 29.9 Å². The maximum atomic E-state index is 11.8. The van der Waals surface area contributed by atoms with Crippen LogP contribution in [0.2, 0.25) is 0 Å². The van der Waals surface area contributed by atoms with E-state index >= 15 is 0 Å². The van der Waals surface area contributed by atoms with Gasteiger partial charge in [0.25, 0.3) is 0 Å². The van der Waals surface area contributed by atoms with Gasteiger partial charge in [-0.15, -0.1) is 0 Å². The van der Waals surface area contributed by atoms with Crippen LogP contribution in [-0.4, -0.2) is 34.9 Å². The minimum Gasteiger partial charge on any atom is -0.392 e. The second kappa shape index (κ2) is 6.47. The van der Waals surface area contributed by atoms with E-state index in [0.717, 1.165) is 13.0 Å². The number of Topliss-reactive ketones (excluding diaryl/α,β-unsaturated/α-hetero) is 1. The molecule has 0 aromatic carbocycles. The smallest absolute Gasteiger partial charge is 0.330 e. The fourth-order valence-corrected chi connectivity index (χ4v) is 2.21. The Bertz CT molecular complexity index is 515. The highest BCUT2D eigenvalue weighted by Gasteiger charge is 2.25. The summed E-state index contributed by atoms with van der Waals surface area (Å²) >= 11 is 0. The zero-order valence-corrected chi connectivity index (χ0v) is 11.4. The average Bonchev–Trinajstić information content (AvgIpc) is 3.06. The van der Waals surface area contributed by atoms with Gasteiger partial charge < -0.3 is 14.6 Å². The van der Waals surface area contributed by atoms with E-state index in [2.05, 4.69) is 5.32 Å². The highest BCUT2D eigenvalue weighted by molar-refractivity contribution is 5.97. The first kappa shape index (κ1) is 14.5. The van der Waals surface area contributed by atoms with Gasteiger partial charge in [0.2, 0.25) is 0 Å². The molecule has 20 heavy (non-hydrogen) atoms. The van der Waals surface area contributed by atoms with E-state index in [1.807, 2.05) is 0 Å². The van der Waals surface area contributed by atoms with Gasteiger partial charge in [0.1, 0.15) is 6.04 Å². The number of nitrogens with one attached hydrogen (secondary N) is 1. The predicted molar refractivity (Wildman–Crippen MR) is 71.1 cm³/mol. The molecule has 0 radical (unpaired) electrons. The molecule has 0 saturated carbocycles. The van der Waals surface area contributed by atoms with Gasteiger partial charge in [-0.05, 0) is 31.5 Å². The summed E-state index contributed by atoms with van der Waals surface area (Å²) in [7, 11) is 1.76. The molecule has 1 aromatic heterocycles. The van der Waals surface area contributed by atoms with E-state index < -0.39 is 11.9 Å². The molecule has 1 aliphatic rings. The maximum Gasteiger partial charge on any atom is 0.330 e. The predicted octanol–water partition coefficient (Wildman–Crippen LogP) is 0.810. The fourth-order valence-electron chi connectivity index (χ4n) is 2.21. The number of carbonyl (C=O) groups excluding carboxylic acids is 3. The molecule has 0 spiro atoms. The highest BCUT2D eigenvalue weighted by atomic mass is 16.6. The monoisotopic (exact) mass is 278 g/mol. The van der Waals surface area contributed by atoms with Crippen molar-refractivity contribution < 1.29 is 19.1 Å². The second-order valence-corrected chi connectivity index (χ2v) is 4.87. The van der Waals surface area contributed by atoms with Crippen molar-refractivity contribution >= 4 is 17.7 Å². The summed E-state index contributed by atoms with van der Waals surface area (Å²) in [6.07, 6.45) is 3.32. The van der Waals surface area contributed by atoms with Crippen molar-refractivity contribution in [1.29, 1.82) is 0 Å². The van der Waals surface area contributed by atoms with Crippen LogP contribution < -0.4 is 5.32 Å². The third kappa shape index (κ3) is 3.54. The molecule has 2 heterocycles. The first-order valence-corrected chi connectivity index (χ1v) is 6.70. The summed E-state index contributed by atoms with van der Waals surface area (Å²) in [4.78, 5) is 35.0. The summed E-state index contributed by atoms with van der Waals surface area (Å²) in [5.74, 6) is -1.33. The Morgan fingerprint density at radius 3 is 2.80 bits per heavy atom. The number of hydrogen-bond donors (Lipinski definition) is 1. The molecule has 0 unspecified atom stereocenters. The molecule has 0 bridgehead atoms. The summed E-state index contributed by atoms with van der Waals surface area (Å²) in [6.45, 7) is 0.764. The van der Waals surface area contributed by atoms with Crippen LogP contribution in [0.4, 0.5) is 0 Å². The second-order valence-electron chi connectivity index (χ2n) is 4.87. The Labute approximate surface area is 117 Å². The molecule has 1 aromatic rings. The summed E-state index contributed by atoms with van der Waals surface area (Å²) in [6, 6.07) is 3.07. The molecule has 1 aliphatic heterocycles. The number of carbonyl (C=O) groups is 3. The van der Waals surface area contributed by atoms with Gasteiger partial charge in [-0.3, -0.25) is 9.59 Å². The van der Waals surface area contributed by atoms with Crippen LogP contribution in [0.5, 0.6) is 0 Å². The standard InChI is InChI=1S/C14H18N2O4/c1-16-9-3-5-11(16)12(17)6-7-13(18)20-14(19)10-4-2-8-15-10/h3,5,9-10,15H,2,4,6-8H2,1H3/t10-/m0/s1. The first-order valence-electron chi connectivity index (χ1n) is 6.70. The molecule has 6 nitrogen and oxygen atoms in total. The molecule has 108 valence electrons. The first-order chi connectivity index (χ1) is 9.58. The lowest BCUT2D eigenvalue weighted by molar-refractivity contribution is -0.160. The van der Waals surface area contributed by atoms with Gasteiger partial charge in [-0.25, -0.2) is 4.79 Å². The topological polar surface area (TPSA) is 77.4 Å². The van der Waals surface area contributed by atoms with Crippen LogP contribution in [0.1, 0.15) is 36.2 Å². The highest BCUT2D eigenvalue weighted by Crippen LogP contribution is 2.09. The quantitative estimate of drug-likeness (QED) is 0.490. The normalized spacial score (nSPS) is 17.9. The lowest BCUT2D eigenvalue weighted by Gasteiger charge is -2.08. The van der Waals surface area contributed by atoms with Crippen molar-refractivity contribution in [2.75, 3.05) is 6.54 Å². The molecule has 0 aliphatic carbocycles. The Hall–Kier alpha value is -1.95. The minimum absolute atomic E-state index is 0.0437. The van der Waals surface area contributed by atoms with Crippen LogP contribution in [0.15, 0.2) is 18.3 Å². The number of ether oxygens (including phenoxy) is 1. The number of aromatic nitrogens is 1. The molecule has 1 atom stereocenters. The lowest BCUT2D eigenvalue weighted by atomic mass is 10.1. The summed E-state index contributed by atoms with van der Waals surface area (Å²) < 4.78 is 6.43. The van der Waals surface area contributed by atoms with E-state index in [4.69, 9.17) is 4.74 Å². The van der Waals surface area contributed by atoms with E-state index in [9.17, 15) is 14.4 Å². The van der Waals surface area contributed by atoms with E-state index in [0.29, 0.717) is 12.1 Å². The Morgan fingerprint density at radius 1 is 1.40 bits per heavy atom. The van der Waals surface area contributed by atoms with Crippen molar-refractivity contribution in [2.24, 2.45) is 7.05 Å². The maximum absolute atomic E-state index is 11.8. The number of esters is 2. The van der Waals surface area contributed by atoms with Crippen LogP contribution in [0, 0.1) is 0 Å². The van der Waals surface area contributed by atoms with Crippen LogP contribution in [0.25, 0.3) is 0 Å². The molecule has 2 rings (SSSR count). The lowest BCUT2D eigenvalue weighted by Crippen LogP contribution is -2.33. The van der Waals surface area contributed by atoms with Gasteiger partial charge >= 0.3 is 11.9 Å². The third-order valence-electron chi connectivity index (χ3n) is 3.34. The van der Waals surface area contributed by atoms with Gasteiger partial charge in [0.05, 0.1) is 12.1 Å². The number of nitrogens with zero attached hydrogens (tertiary/aromatic N) is 1. The van der Waals surface area contributed by atoms with Crippen molar-refractivity contribution in [3.63, 3.8) is 0 Å². The van der Waals surface area contributed by atoms with Gasteiger partial charge in [0.15, 0.2) is 5.78 Å². The van der Waals surface area contributed by atoms with Crippen LogP contribution in [-0.2, 0) is 21.4 Å². The SMILES string of the molecule is Cn1cccc1C(=O)CCC(=O)OC(=O)[C@@H]1CCCN1. The van der Waals surface area contributed by atoms with Gasteiger partial charge in [0, 0.05) is 19.7 Å². The Balaban J connectivity index is 1.76. The van der Waals surface area contributed by atoms with E-state index in [1.165, 1.54) is 0 Å². The molecule has 1 saturated heterocycles. The number of rotatable bonds is 5. The number of hydrogen-bond acceptors (Lipinski definition) is 5. The van der Waals surface area contributed by atoms with Crippen molar-refractivity contribution in [1.82, 2.24) is 9.88 Å². The minimum atomic E-state index is -0.647. The zero-order chi connectivity index (χ0) is 14.5. The molecule has 1 fully saturated rings.